The summed E-state index contributed by atoms with van der Waals surface area (Å²) >= 11 is 1.68. The lowest BCUT2D eigenvalue weighted by atomic mass is 10.2. The van der Waals surface area contributed by atoms with Gasteiger partial charge in [0.25, 0.3) is 0 Å². The summed E-state index contributed by atoms with van der Waals surface area (Å²) in [6.07, 6.45) is 1.76. The van der Waals surface area contributed by atoms with Gasteiger partial charge in [0.05, 0.1) is 5.69 Å². The van der Waals surface area contributed by atoms with Gasteiger partial charge in [-0.1, -0.05) is 43.7 Å². The molecule has 1 aliphatic heterocycles. The number of likely N-dealkylation sites (tertiary alicyclic amines) is 1. The lowest BCUT2D eigenvalue weighted by Crippen LogP contribution is -2.45. The van der Waals surface area contributed by atoms with Crippen molar-refractivity contribution >= 4 is 23.2 Å². The Morgan fingerprint density at radius 1 is 1.33 bits per heavy atom. The van der Waals surface area contributed by atoms with Gasteiger partial charge in [0.2, 0.25) is 5.91 Å². The Labute approximate surface area is 183 Å². The summed E-state index contributed by atoms with van der Waals surface area (Å²) in [5.74, 6) is 1.10. The number of amides is 1. The van der Waals surface area contributed by atoms with Crippen LogP contribution in [-0.4, -0.2) is 54.0 Å². The molecular formula is C23H33N5OS. The molecule has 6 nitrogen and oxygen atoms in total. The summed E-state index contributed by atoms with van der Waals surface area (Å²) in [5.41, 5.74) is 3.49. The van der Waals surface area contributed by atoms with Gasteiger partial charge in [0.15, 0.2) is 5.96 Å². The van der Waals surface area contributed by atoms with Crippen LogP contribution in [0.1, 0.15) is 38.4 Å². The number of rotatable bonds is 7. The summed E-state index contributed by atoms with van der Waals surface area (Å²) in [6.45, 7) is 11.1. The monoisotopic (exact) mass is 427 g/mol. The molecule has 1 aromatic carbocycles. The first-order chi connectivity index (χ1) is 14.5. The zero-order valence-corrected chi connectivity index (χ0v) is 19.3. The molecule has 162 valence electrons. The maximum Gasteiger partial charge on any atom is 0.225 e. The average Bonchev–Trinajstić information content (AvgIpc) is 3.38. The van der Waals surface area contributed by atoms with Crippen molar-refractivity contribution < 1.29 is 4.79 Å². The number of aliphatic imine (C=N–C) groups is 1. The van der Waals surface area contributed by atoms with E-state index in [0.29, 0.717) is 6.54 Å². The number of nitrogens with zero attached hydrogens (tertiary/aromatic N) is 3. The number of guanidine groups is 1. The number of carbonyl (C=O) groups excluding carboxylic acids is 1. The third-order valence-electron chi connectivity index (χ3n) is 5.17. The Bertz CT molecular complexity index is 859. The van der Waals surface area contributed by atoms with Gasteiger partial charge in [-0.15, -0.1) is 11.3 Å². The minimum Gasteiger partial charge on any atom is -0.357 e. The van der Waals surface area contributed by atoms with Gasteiger partial charge in [-0.05, 0) is 20.3 Å². The van der Waals surface area contributed by atoms with E-state index in [1.165, 1.54) is 5.56 Å². The third kappa shape index (κ3) is 6.05. The van der Waals surface area contributed by atoms with Crippen LogP contribution in [-0.2, 0) is 11.2 Å². The van der Waals surface area contributed by atoms with Crippen LogP contribution in [0, 0.1) is 12.8 Å². The molecule has 0 saturated carbocycles. The normalized spacial score (nSPS) is 16.9. The predicted octanol–water partition coefficient (Wildman–Crippen LogP) is 3.47. The van der Waals surface area contributed by atoms with Crippen LogP contribution >= 0.6 is 11.3 Å². The molecule has 7 heteroatoms. The molecule has 2 heterocycles. The summed E-state index contributed by atoms with van der Waals surface area (Å²) in [4.78, 5) is 23.6. The highest BCUT2D eigenvalue weighted by Crippen LogP contribution is 2.24. The smallest absolute Gasteiger partial charge is 0.225 e. The highest BCUT2D eigenvalue weighted by molar-refractivity contribution is 7.13. The van der Waals surface area contributed by atoms with E-state index in [0.717, 1.165) is 54.7 Å². The average molecular weight is 428 g/mol. The second-order valence-corrected chi connectivity index (χ2v) is 8.95. The maximum absolute atomic E-state index is 12.2. The molecule has 0 bridgehead atoms. The van der Waals surface area contributed by atoms with Crippen LogP contribution in [0.4, 0.5) is 0 Å². The number of thiazole rings is 1. The van der Waals surface area contributed by atoms with Gasteiger partial charge >= 0.3 is 0 Å². The van der Waals surface area contributed by atoms with Crippen LogP contribution in [0.2, 0.25) is 0 Å². The fourth-order valence-electron chi connectivity index (χ4n) is 3.49. The maximum atomic E-state index is 12.2. The summed E-state index contributed by atoms with van der Waals surface area (Å²) in [5, 5.41) is 9.98. The standard InChI is InChI=1S/C23H33N5OS/c1-5-24-23(27-19-11-13-28(14-19)22(29)16(2)3)25-12-10-20-15-30-21(26-20)18-8-6-17(4)7-9-18/h6-9,15-16,19H,5,10-14H2,1-4H3,(H2,24,25,27). The van der Waals surface area contributed by atoms with E-state index in [2.05, 4.69) is 54.1 Å². The summed E-state index contributed by atoms with van der Waals surface area (Å²) in [6, 6.07) is 8.73. The molecule has 1 aliphatic rings. The summed E-state index contributed by atoms with van der Waals surface area (Å²) in [7, 11) is 0. The molecule has 3 rings (SSSR count). The first-order valence-corrected chi connectivity index (χ1v) is 11.7. The number of hydrogen-bond acceptors (Lipinski definition) is 4. The molecular weight excluding hydrogens is 394 g/mol. The Morgan fingerprint density at radius 3 is 2.80 bits per heavy atom. The number of benzene rings is 1. The molecule has 0 aliphatic carbocycles. The second kappa shape index (κ2) is 10.6. The molecule has 0 radical (unpaired) electrons. The van der Waals surface area contributed by atoms with Crippen molar-refractivity contribution in [2.75, 3.05) is 26.2 Å². The van der Waals surface area contributed by atoms with Crippen molar-refractivity contribution in [1.82, 2.24) is 20.5 Å². The minimum atomic E-state index is 0.0496. The number of carbonyl (C=O) groups is 1. The van der Waals surface area contributed by atoms with E-state index in [-0.39, 0.29) is 17.9 Å². The third-order valence-corrected chi connectivity index (χ3v) is 6.11. The van der Waals surface area contributed by atoms with E-state index in [1.54, 1.807) is 11.3 Å². The van der Waals surface area contributed by atoms with Gasteiger partial charge in [0.1, 0.15) is 5.01 Å². The van der Waals surface area contributed by atoms with E-state index >= 15 is 0 Å². The van der Waals surface area contributed by atoms with Crippen LogP contribution < -0.4 is 10.6 Å². The van der Waals surface area contributed by atoms with Crippen molar-refractivity contribution in [3.63, 3.8) is 0 Å². The first-order valence-electron chi connectivity index (χ1n) is 10.8. The molecule has 1 saturated heterocycles. The van der Waals surface area contributed by atoms with Crippen molar-refractivity contribution in [3.05, 3.63) is 40.9 Å². The molecule has 1 unspecified atom stereocenters. The van der Waals surface area contributed by atoms with Crippen molar-refractivity contribution in [2.24, 2.45) is 10.9 Å². The molecule has 1 atom stereocenters. The van der Waals surface area contributed by atoms with Crippen molar-refractivity contribution in [2.45, 2.75) is 46.6 Å². The van der Waals surface area contributed by atoms with Crippen LogP contribution in [0.15, 0.2) is 34.6 Å². The van der Waals surface area contributed by atoms with Crippen LogP contribution in [0.25, 0.3) is 10.6 Å². The van der Waals surface area contributed by atoms with Gasteiger partial charge in [-0.2, -0.15) is 0 Å². The van der Waals surface area contributed by atoms with Crippen LogP contribution in [0.5, 0.6) is 0 Å². The number of hydrogen-bond donors (Lipinski definition) is 2. The largest absolute Gasteiger partial charge is 0.357 e. The minimum absolute atomic E-state index is 0.0496. The van der Waals surface area contributed by atoms with Gasteiger partial charge in [0, 0.05) is 55.5 Å². The van der Waals surface area contributed by atoms with Gasteiger partial charge < -0.3 is 15.5 Å². The molecule has 1 fully saturated rings. The van der Waals surface area contributed by atoms with Gasteiger partial charge in [-0.25, -0.2) is 4.98 Å². The van der Waals surface area contributed by atoms with Crippen molar-refractivity contribution in [3.8, 4) is 10.6 Å². The Kier molecular flexibility index (Phi) is 7.85. The Balaban J connectivity index is 1.53. The Hall–Kier alpha value is -2.41. The molecule has 2 N–H and O–H groups in total. The fraction of sp³-hybridized carbons (Fsp3) is 0.522. The number of aryl methyl sites for hydroxylation is 1. The lowest BCUT2D eigenvalue weighted by molar-refractivity contribution is -0.133. The van der Waals surface area contributed by atoms with Gasteiger partial charge in [-0.3, -0.25) is 9.79 Å². The van der Waals surface area contributed by atoms with E-state index in [1.807, 2.05) is 18.7 Å². The highest BCUT2D eigenvalue weighted by atomic mass is 32.1. The molecule has 0 spiro atoms. The fourth-order valence-corrected chi connectivity index (χ4v) is 4.35. The number of aromatic nitrogens is 1. The highest BCUT2D eigenvalue weighted by Gasteiger charge is 2.27. The SMILES string of the molecule is CCNC(=NCCc1csc(-c2ccc(C)cc2)n1)NC1CCN(C(=O)C(C)C)C1. The molecule has 1 amide bonds. The van der Waals surface area contributed by atoms with Crippen LogP contribution in [0.3, 0.4) is 0 Å². The Morgan fingerprint density at radius 2 is 2.10 bits per heavy atom. The summed E-state index contributed by atoms with van der Waals surface area (Å²) < 4.78 is 0. The number of nitrogens with one attached hydrogen (secondary N) is 2. The van der Waals surface area contributed by atoms with E-state index in [4.69, 9.17) is 9.98 Å². The zero-order valence-electron chi connectivity index (χ0n) is 18.4. The molecule has 30 heavy (non-hydrogen) atoms. The van der Waals surface area contributed by atoms with E-state index < -0.39 is 0 Å². The van der Waals surface area contributed by atoms with E-state index in [9.17, 15) is 4.79 Å². The quantitative estimate of drug-likeness (QED) is 0.524. The predicted molar refractivity (Wildman–Crippen MR) is 125 cm³/mol. The molecule has 1 aromatic heterocycles. The zero-order chi connectivity index (χ0) is 21.5. The molecule has 2 aromatic rings. The lowest BCUT2D eigenvalue weighted by Gasteiger charge is -2.20. The van der Waals surface area contributed by atoms with Crippen molar-refractivity contribution in [1.29, 1.82) is 0 Å². The second-order valence-electron chi connectivity index (χ2n) is 8.09. The topological polar surface area (TPSA) is 69.6 Å². The first kappa shape index (κ1) is 22.3.